The monoisotopic (exact) mass is 462 g/mol. The van der Waals surface area contributed by atoms with E-state index in [0.29, 0.717) is 36.4 Å². The van der Waals surface area contributed by atoms with Crippen LogP contribution in [0.1, 0.15) is 19.9 Å². The van der Waals surface area contributed by atoms with Crippen LogP contribution in [0.15, 0.2) is 36.9 Å². The van der Waals surface area contributed by atoms with Gasteiger partial charge in [-0.15, -0.1) is 0 Å². The van der Waals surface area contributed by atoms with Crippen LogP contribution in [0.2, 0.25) is 0 Å². The molecular weight excluding hydrogens is 436 g/mol. The van der Waals surface area contributed by atoms with Gasteiger partial charge in [-0.25, -0.2) is 24.7 Å². The zero-order chi connectivity index (χ0) is 23.8. The van der Waals surface area contributed by atoms with Crippen LogP contribution in [-0.2, 0) is 4.74 Å². The summed E-state index contributed by atoms with van der Waals surface area (Å²) in [6.07, 6.45) is 4.98. The average molecular weight is 463 g/mol. The number of imidazole rings is 1. The van der Waals surface area contributed by atoms with E-state index in [9.17, 15) is 4.79 Å². The van der Waals surface area contributed by atoms with E-state index >= 15 is 0 Å². The molecular formula is C23H26N8O3. The van der Waals surface area contributed by atoms with Crippen LogP contribution < -0.4 is 15.4 Å². The van der Waals surface area contributed by atoms with Crippen LogP contribution in [-0.4, -0.2) is 68.8 Å². The molecule has 1 atom stereocenters. The Bertz CT molecular complexity index is 1370. The van der Waals surface area contributed by atoms with Crippen molar-refractivity contribution in [3.05, 3.63) is 36.9 Å². The molecule has 4 aromatic rings. The largest absolute Gasteiger partial charge is 0.494 e. The quantitative estimate of drug-likeness (QED) is 0.425. The summed E-state index contributed by atoms with van der Waals surface area (Å²) in [6.45, 7) is 5.09. The van der Waals surface area contributed by atoms with Crippen molar-refractivity contribution < 1.29 is 14.3 Å². The maximum atomic E-state index is 11.5. The molecule has 1 amide bonds. The normalized spacial score (nSPS) is 15.9. The smallest absolute Gasteiger partial charge is 0.410 e. The highest BCUT2D eigenvalue weighted by Gasteiger charge is 2.29. The number of pyridine rings is 1. The summed E-state index contributed by atoms with van der Waals surface area (Å²) in [5.74, 6) is 1.57. The lowest BCUT2D eigenvalue weighted by atomic mass is 10.2. The van der Waals surface area contributed by atoms with Gasteiger partial charge in [0.15, 0.2) is 0 Å². The van der Waals surface area contributed by atoms with Gasteiger partial charge in [-0.3, -0.25) is 0 Å². The second-order valence-corrected chi connectivity index (χ2v) is 8.43. The maximum absolute atomic E-state index is 11.5. The molecule has 34 heavy (non-hydrogen) atoms. The van der Waals surface area contributed by atoms with E-state index in [-0.39, 0.29) is 18.2 Å². The number of cyclic esters (lactones) is 1. The molecule has 0 saturated carbocycles. The number of carbonyl (C=O) groups is 1. The predicted molar refractivity (Wildman–Crippen MR) is 129 cm³/mol. The number of aromatic nitrogens is 5. The Labute approximate surface area is 196 Å². The van der Waals surface area contributed by atoms with Gasteiger partial charge in [-0.2, -0.15) is 0 Å². The van der Waals surface area contributed by atoms with Crippen LogP contribution in [0.4, 0.5) is 22.2 Å². The molecule has 5 rings (SSSR count). The van der Waals surface area contributed by atoms with Crippen molar-refractivity contribution in [3.8, 4) is 5.75 Å². The molecule has 11 heteroatoms. The Balaban J connectivity index is 1.39. The van der Waals surface area contributed by atoms with E-state index in [0.717, 1.165) is 21.9 Å². The molecule has 3 aromatic heterocycles. The SMILES string of the molecule is COc1cc(Nc2ncc3ccc4ncn(C(C)C)c4c3n2)ncc1NCC1COC(=O)N1C. The van der Waals surface area contributed by atoms with E-state index in [4.69, 9.17) is 14.5 Å². The van der Waals surface area contributed by atoms with Gasteiger partial charge >= 0.3 is 6.09 Å². The summed E-state index contributed by atoms with van der Waals surface area (Å²) in [5.41, 5.74) is 3.40. The molecule has 1 unspecified atom stereocenters. The summed E-state index contributed by atoms with van der Waals surface area (Å²) < 4.78 is 12.7. The number of nitrogens with zero attached hydrogens (tertiary/aromatic N) is 6. The van der Waals surface area contributed by atoms with E-state index < -0.39 is 0 Å². The third-order valence-electron chi connectivity index (χ3n) is 5.93. The molecule has 2 N–H and O–H groups in total. The van der Waals surface area contributed by atoms with Gasteiger partial charge in [-0.1, -0.05) is 0 Å². The molecule has 176 valence electrons. The number of methoxy groups -OCH3 is 1. The summed E-state index contributed by atoms with van der Waals surface area (Å²) in [4.78, 5) is 31.3. The van der Waals surface area contributed by atoms with Gasteiger partial charge in [0.2, 0.25) is 5.95 Å². The summed E-state index contributed by atoms with van der Waals surface area (Å²) in [6, 6.07) is 5.92. The number of ether oxygens (including phenoxy) is 2. The molecule has 0 aliphatic carbocycles. The Morgan fingerprint density at radius 3 is 2.82 bits per heavy atom. The molecule has 1 fully saturated rings. The second-order valence-electron chi connectivity index (χ2n) is 8.43. The molecule has 1 aliphatic heterocycles. The van der Waals surface area contributed by atoms with Crippen molar-refractivity contribution in [1.82, 2.24) is 29.4 Å². The number of likely N-dealkylation sites (N-methyl/N-ethyl adjacent to an activating group) is 1. The van der Waals surface area contributed by atoms with Crippen molar-refractivity contribution >= 4 is 45.5 Å². The van der Waals surface area contributed by atoms with Crippen LogP contribution in [0.5, 0.6) is 5.75 Å². The summed E-state index contributed by atoms with van der Waals surface area (Å²) >= 11 is 0. The number of amides is 1. The highest BCUT2D eigenvalue weighted by atomic mass is 16.6. The van der Waals surface area contributed by atoms with Crippen LogP contribution >= 0.6 is 0 Å². The highest BCUT2D eigenvalue weighted by Crippen LogP contribution is 2.29. The van der Waals surface area contributed by atoms with E-state index in [2.05, 4.69) is 44.0 Å². The number of carbonyl (C=O) groups excluding carboxylic acids is 1. The molecule has 1 aliphatic rings. The first-order valence-corrected chi connectivity index (χ1v) is 11.0. The van der Waals surface area contributed by atoms with Gasteiger partial charge in [0.05, 0.1) is 42.4 Å². The number of rotatable bonds is 7. The lowest BCUT2D eigenvalue weighted by molar-refractivity contribution is 0.163. The summed E-state index contributed by atoms with van der Waals surface area (Å²) in [5, 5.41) is 7.38. The number of fused-ring (bicyclic) bond motifs is 3. The van der Waals surface area contributed by atoms with Crippen LogP contribution in [0.25, 0.3) is 21.9 Å². The van der Waals surface area contributed by atoms with Gasteiger partial charge in [0.1, 0.15) is 23.7 Å². The first-order valence-electron chi connectivity index (χ1n) is 11.0. The Kier molecular flexibility index (Phi) is 5.52. The molecule has 0 spiro atoms. The fourth-order valence-electron chi connectivity index (χ4n) is 3.94. The number of benzene rings is 1. The van der Waals surface area contributed by atoms with Crippen LogP contribution in [0.3, 0.4) is 0 Å². The lowest BCUT2D eigenvalue weighted by Gasteiger charge is -2.18. The Hall–Kier alpha value is -4.15. The molecule has 4 heterocycles. The second kappa shape index (κ2) is 8.65. The number of anilines is 3. The topological polar surface area (TPSA) is 119 Å². The van der Waals surface area contributed by atoms with Gasteiger partial charge in [-0.05, 0) is 26.0 Å². The third kappa shape index (κ3) is 3.89. The van der Waals surface area contributed by atoms with E-state index in [1.165, 1.54) is 0 Å². The minimum absolute atomic E-state index is 0.0582. The third-order valence-corrected chi connectivity index (χ3v) is 5.93. The van der Waals surface area contributed by atoms with Crippen molar-refractivity contribution in [2.45, 2.75) is 25.9 Å². The minimum atomic E-state index is -0.319. The number of hydrogen-bond donors (Lipinski definition) is 2. The number of hydrogen-bond acceptors (Lipinski definition) is 9. The maximum Gasteiger partial charge on any atom is 0.410 e. The minimum Gasteiger partial charge on any atom is -0.494 e. The zero-order valence-electron chi connectivity index (χ0n) is 19.4. The van der Waals surface area contributed by atoms with Crippen molar-refractivity contribution in [2.75, 3.05) is 37.9 Å². The molecule has 1 aromatic carbocycles. The predicted octanol–water partition coefficient (Wildman–Crippen LogP) is 3.57. The van der Waals surface area contributed by atoms with Crippen molar-refractivity contribution in [2.24, 2.45) is 0 Å². The fourth-order valence-corrected chi connectivity index (χ4v) is 3.94. The van der Waals surface area contributed by atoms with Crippen molar-refractivity contribution in [1.29, 1.82) is 0 Å². The fraction of sp³-hybridized carbons (Fsp3) is 0.348. The lowest BCUT2D eigenvalue weighted by Crippen LogP contribution is -2.35. The molecule has 11 nitrogen and oxygen atoms in total. The van der Waals surface area contributed by atoms with Crippen LogP contribution in [0, 0.1) is 0 Å². The Morgan fingerprint density at radius 1 is 1.24 bits per heavy atom. The number of nitrogens with one attached hydrogen (secondary N) is 2. The van der Waals surface area contributed by atoms with Crippen molar-refractivity contribution in [3.63, 3.8) is 0 Å². The highest BCUT2D eigenvalue weighted by molar-refractivity contribution is 6.02. The standard InChI is InChI=1S/C23H26N8O3/c1-13(2)31-12-27-16-6-5-14-8-26-22(29-20(14)21(16)31)28-19-7-18(33-4)17(10-25-19)24-9-15-11-34-23(32)30(15)3/h5-8,10,12-13,15,24H,9,11H2,1-4H3,(H,25,26,28,29). The average Bonchev–Trinajstić information content (AvgIpc) is 3.42. The van der Waals surface area contributed by atoms with Gasteiger partial charge < -0.3 is 29.6 Å². The van der Waals surface area contributed by atoms with E-state index in [1.54, 1.807) is 37.5 Å². The van der Waals surface area contributed by atoms with E-state index in [1.807, 2.05) is 18.5 Å². The van der Waals surface area contributed by atoms with Gasteiger partial charge in [0, 0.05) is 37.3 Å². The van der Waals surface area contributed by atoms with Gasteiger partial charge in [0.25, 0.3) is 0 Å². The Morgan fingerprint density at radius 2 is 2.09 bits per heavy atom. The zero-order valence-corrected chi connectivity index (χ0v) is 19.4. The molecule has 0 radical (unpaired) electrons. The first kappa shape index (κ1) is 21.7. The molecule has 0 bridgehead atoms. The summed E-state index contributed by atoms with van der Waals surface area (Å²) in [7, 11) is 3.31. The molecule has 1 saturated heterocycles. The first-order chi connectivity index (χ1) is 16.4.